The molecular formula is C25H30Cl2Hf. The molecule has 0 bridgehead atoms. The van der Waals surface area contributed by atoms with Crippen LogP contribution >= 0.6 is 24.8 Å². The Hall–Kier alpha value is -0.760. The summed E-state index contributed by atoms with van der Waals surface area (Å²) >= 11 is -2.21. The third-order valence-corrected chi connectivity index (χ3v) is 20.3. The Balaban J connectivity index is 0.00000140. The van der Waals surface area contributed by atoms with E-state index in [0.717, 1.165) is 0 Å². The maximum atomic E-state index is 2.48. The van der Waals surface area contributed by atoms with E-state index in [1.807, 2.05) is 0 Å². The molecule has 0 aliphatic heterocycles. The average molecular weight is 580 g/mol. The molecule has 0 saturated heterocycles. The second kappa shape index (κ2) is 8.94. The number of allylic oxidation sites excluding steroid dienone is 2. The van der Waals surface area contributed by atoms with Gasteiger partial charge in [0.1, 0.15) is 0 Å². The van der Waals surface area contributed by atoms with Crippen molar-refractivity contribution in [3.05, 3.63) is 80.9 Å². The topological polar surface area (TPSA) is 0 Å². The van der Waals surface area contributed by atoms with Crippen LogP contribution in [0.25, 0.3) is 12.2 Å². The Morgan fingerprint density at radius 3 is 1.43 bits per heavy atom. The molecule has 2 aliphatic rings. The SMILES string of the molecule is CC1=Cc2c(C)cccc2[CH]1[Hf](=[C](C)C)[CH]1C(C)=Cc2c(C)cccc21.Cl.Cl. The number of aryl methyl sites for hydroxylation is 2. The predicted molar refractivity (Wildman–Crippen MR) is 126 cm³/mol. The molecular weight excluding hydrogens is 550 g/mol. The molecule has 4 rings (SSSR count). The summed E-state index contributed by atoms with van der Waals surface area (Å²) < 4.78 is 3.13. The van der Waals surface area contributed by atoms with Gasteiger partial charge < -0.3 is 0 Å². The van der Waals surface area contributed by atoms with E-state index in [0.29, 0.717) is 7.35 Å². The second-order valence-electron chi connectivity index (χ2n) is 8.25. The average Bonchev–Trinajstić information content (AvgIpc) is 3.09. The van der Waals surface area contributed by atoms with Crippen LogP contribution in [0, 0.1) is 13.8 Å². The number of hydrogen-bond acceptors (Lipinski definition) is 0. The first kappa shape index (κ1) is 23.5. The van der Waals surface area contributed by atoms with Crippen LogP contribution in [0.5, 0.6) is 0 Å². The van der Waals surface area contributed by atoms with Crippen LogP contribution in [-0.2, 0) is 21.0 Å². The minimum atomic E-state index is -2.21. The molecule has 0 radical (unpaired) electrons. The van der Waals surface area contributed by atoms with Crippen molar-refractivity contribution in [2.45, 2.75) is 48.9 Å². The van der Waals surface area contributed by atoms with Gasteiger partial charge in [0.15, 0.2) is 0 Å². The van der Waals surface area contributed by atoms with E-state index in [9.17, 15) is 0 Å². The molecule has 0 heterocycles. The number of fused-ring (bicyclic) bond motifs is 2. The van der Waals surface area contributed by atoms with Gasteiger partial charge in [-0.1, -0.05) is 0 Å². The van der Waals surface area contributed by atoms with E-state index in [-0.39, 0.29) is 24.8 Å². The van der Waals surface area contributed by atoms with Crippen LogP contribution in [0.4, 0.5) is 0 Å². The Bertz CT molecular complexity index is 932. The summed E-state index contributed by atoms with van der Waals surface area (Å²) in [7, 11) is 0. The summed E-state index contributed by atoms with van der Waals surface area (Å²) in [4.78, 5) is 0. The molecule has 0 fully saturated rings. The maximum absolute atomic E-state index is 2.48. The van der Waals surface area contributed by atoms with E-state index >= 15 is 0 Å². The second-order valence-corrected chi connectivity index (χ2v) is 19.3. The van der Waals surface area contributed by atoms with E-state index in [4.69, 9.17) is 0 Å². The minimum Gasteiger partial charge on any atom is -0.147 e. The normalized spacial score (nSPS) is 18.9. The van der Waals surface area contributed by atoms with Gasteiger partial charge in [-0.2, -0.15) is 0 Å². The van der Waals surface area contributed by atoms with Crippen molar-refractivity contribution in [2.75, 3.05) is 0 Å². The standard InChI is InChI=1S/2C11H11.C3H6.2ClH.Hf/c2*1-8-6-10-5-3-4-9(2)11(10)7-8;1-3-2;;;/h2*3-7H,1-2H3;1-2H3;2*1H;. The number of benzene rings is 2. The molecule has 148 valence electrons. The third-order valence-electron chi connectivity index (χ3n) is 6.19. The molecule has 3 heteroatoms. The molecule has 0 N–H and O–H groups in total. The van der Waals surface area contributed by atoms with Crippen molar-refractivity contribution in [3.63, 3.8) is 0 Å². The molecule has 0 saturated carbocycles. The van der Waals surface area contributed by atoms with Gasteiger partial charge in [0.05, 0.1) is 0 Å². The molecule has 0 amide bonds. The maximum Gasteiger partial charge on any atom is -0.147 e. The molecule has 0 aromatic heterocycles. The quantitative estimate of drug-likeness (QED) is 0.322. The molecule has 2 aliphatic carbocycles. The Labute approximate surface area is 190 Å². The minimum absolute atomic E-state index is 0. The van der Waals surface area contributed by atoms with Crippen molar-refractivity contribution < 1.29 is 21.0 Å². The molecule has 2 aromatic carbocycles. The first-order valence-electron chi connectivity index (χ1n) is 9.62. The van der Waals surface area contributed by atoms with Crippen LogP contribution in [0.15, 0.2) is 47.5 Å². The summed E-state index contributed by atoms with van der Waals surface area (Å²) in [5.74, 6) is 0. The smallest absolute Gasteiger partial charge is 0.147 e. The molecule has 0 spiro atoms. The van der Waals surface area contributed by atoms with Crippen LogP contribution in [0.3, 0.4) is 0 Å². The number of rotatable bonds is 2. The van der Waals surface area contributed by atoms with E-state index < -0.39 is 21.0 Å². The summed E-state index contributed by atoms with van der Waals surface area (Å²) in [5.41, 5.74) is 12.3. The van der Waals surface area contributed by atoms with Crippen molar-refractivity contribution in [1.82, 2.24) is 0 Å². The Morgan fingerprint density at radius 1 is 0.679 bits per heavy atom. The van der Waals surface area contributed by atoms with E-state index in [1.165, 1.54) is 22.3 Å². The van der Waals surface area contributed by atoms with Crippen LogP contribution in [0.2, 0.25) is 0 Å². The van der Waals surface area contributed by atoms with Gasteiger partial charge >= 0.3 is 166 Å². The summed E-state index contributed by atoms with van der Waals surface area (Å²) in [6.45, 7) is 14.1. The number of halogens is 2. The van der Waals surface area contributed by atoms with Crippen molar-refractivity contribution in [3.8, 4) is 0 Å². The van der Waals surface area contributed by atoms with Crippen LogP contribution in [-0.4, -0.2) is 3.26 Å². The zero-order chi connectivity index (χ0) is 18.6. The third kappa shape index (κ3) is 3.71. The van der Waals surface area contributed by atoms with E-state index in [2.05, 4.69) is 90.1 Å². The Kier molecular flexibility index (Phi) is 7.51. The predicted octanol–water partition coefficient (Wildman–Crippen LogP) is 7.59. The van der Waals surface area contributed by atoms with Gasteiger partial charge in [0.25, 0.3) is 0 Å². The molecule has 0 nitrogen and oxygen atoms in total. The fraction of sp³-hybridized carbons (Fsp3) is 0.320. The van der Waals surface area contributed by atoms with Gasteiger partial charge in [0, 0.05) is 0 Å². The van der Waals surface area contributed by atoms with Crippen LogP contribution < -0.4 is 0 Å². The van der Waals surface area contributed by atoms with Gasteiger partial charge in [-0.15, -0.1) is 24.8 Å². The van der Waals surface area contributed by atoms with Crippen molar-refractivity contribution >= 4 is 40.2 Å². The monoisotopic (exact) mass is 580 g/mol. The zero-order valence-electron chi connectivity index (χ0n) is 17.6. The Morgan fingerprint density at radius 2 is 1.07 bits per heavy atom. The van der Waals surface area contributed by atoms with Crippen molar-refractivity contribution in [1.29, 1.82) is 0 Å². The summed E-state index contributed by atoms with van der Waals surface area (Å²) in [6, 6.07) is 13.8. The first-order chi connectivity index (χ1) is 12.4. The van der Waals surface area contributed by atoms with Gasteiger partial charge in [-0.3, -0.25) is 0 Å². The van der Waals surface area contributed by atoms with Gasteiger partial charge in [-0.25, -0.2) is 0 Å². The first-order valence-corrected chi connectivity index (χ1v) is 15.6. The zero-order valence-corrected chi connectivity index (χ0v) is 22.8. The summed E-state index contributed by atoms with van der Waals surface area (Å²) in [6.07, 6.45) is 4.96. The van der Waals surface area contributed by atoms with Gasteiger partial charge in [-0.05, 0) is 0 Å². The molecule has 2 unspecified atom stereocenters. The van der Waals surface area contributed by atoms with Crippen LogP contribution in [0.1, 0.15) is 68.4 Å². The molecule has 2 atom stereocenters. The van der Waals surface area contributed by atoms with E-state index in [1.54, 1.807) is 25.5 Å². The van der Waals surface area contributed by atoms with Gasteiger partial charge in [0.2, 0.25) is 0 Å². The van der Waals surface area contributed by atoms with Crippen molar-refractivity contribution in [2.24, 2.45) is 0 Å². The largest absolute Gasteiger partial charge is 0.147 e. The summed E-state index contributed by atoms with van der Waals surface area (Å²) in [5, 5.41) is 0. The fourth-order valence-electron chi connectivity index (χ4n) is 4.99. The molecule has 2 aromatic rings. The fourth-order valence-corrected chi connectivity index (χ4v) is 18.7. The number of hydrogen-bond donors (Lipinski definition) is 0. The molecule has 28 heavy (non-hydrogen) atoms.